The second kappa shape index (κ2) is 13.9. The lowest BCUT2D eigenvalue weighted by atomic mass is 9.86. The number of ether oxygens (including phenoxy) is 1. The summed E-state index contributed by atoms with van der Waals surface area (Å²) >= 11 is 0. The standard InChI is InChI=1S/C30H43F3N6O2/c1-21-22(2)27(41-17-6-5-12-34-13-14-37(3)4)11-10-25(21)26-9-7-8-24-20-38(15-16-39(24)26)28(40)23-18-35-29(36-19-23)30(31,32)33/h10-11,18-19,24,26,34H,5-9,12-17,20H2,1-4H3/t24?,26-/m1/s1. The zero-order valence-corrected chi connectivity index (χ0v) is 24.6. The Morgan fingerprint density at radius 3 is 2.54 bits per heavy atom. The summed E-state index contributed by atoms with van der Waals surface area (Å²) in [6.07, 6.45) is 2.49. The lowest BCUT2D eigenvalue weighted by Gasteiger charge is -2.48. The molecule has 1 unspecified atom stereocenters. The van der Waals surface area contributed by atoms with Crippen LogP contribution in [0.25, 0.3) is 0 Å². The maximum absolute atomic E-state index is 13.0. The van der Waals surface area contributed by atoms with Crippen molar-refractivity contribution in [2.75, 3.05) is 60.0 Å². The highest BCUT2D eigenvalue weighted by molar-refractivity contribution is 5.93. The van der Waals surface area contributed by atoms with Gasteiger partial charge >= 0.3 is 6.18 Å². The van der Waals surface area contributed by atoms with Crippen LogP contribution in [0.3, 0.4) is 0 Å². The Balaban J connectivity index is 1.32. The van der Waals surface area contributed by atoms with Crippen LogP contribution >= 0.6 is 0 Å². The zero-order chi connectivity index (χ0) is 29.6. The van der Waals surface area contributed by atoms with Gasteiger partial charge in [-0.2, -0.15) is 13.2 Å². The summed E-state index contributed by atoms with van der Waals surface area (Å²) in [7, 11) is 4.15. The van der Waals surface area contributed by atoms with Gasteiger partial charge in [-0.15, -0.1) is 0 Å². The van der Waals surface area contributed by atoms with E-state index in [1.807, 2.05) is 0 Å². The number of alkyl halides is 3. The Kier molecular flexibility index (Phi) is 10.6. The minimum atomic E-state index is -4.63. The first-order chi connectivity index (χ1) is 19.6. The average molecular weight is 577 g/mol. The molecule has 8 nitrogen and oxygen atoms in total. The summed E-state index contributed by atoms with van der Waals surface area (Å²) < 4.78 is 44.6. The Labute approximate surface area is 241 Å². The van der Waals surface area contributed by atoms with E-state index in [0.717, 1.165) is 69.9 Å². The van der Waals surface area contributed by atoms with Gasteiger partial charge < -0.3 is 19.9 Å². The monoisotopic (exact) mass is 576 g/mol. The Morgan fingerprint density at radius 2 is 1.83 bits per heavy atom. The fourth-order valence-corrected chi connectivity index (χ4v) is 5.83. The smallest absolute Gasteiger partial charge is 0.451 e. The second-order valence-corrected chi connectivity index (χ2v) is 11.4. The van der Waals surface area contributed by atoms with E-state index < -0.39 is 12.0 Å². The molecule has 0 saturated carbocycles. The van der Waals surface area contributed by atoms with Crippen LogP contribution < -0.4 is 10.1 Å². The quantitative estimate of drug-likeness (QED) is 0.396. The molecule has 2 aromatic rings. The number of piperidine rings is 1. The highest BCUT2D eigenvalue weighted by Gasteiger charge is 2.38. The van der Waals surface area contributed by atoms with Crippen LogP contribution in [0.2, 0.25) is 0 Å². The number of piperazine rings is 1. The average Bonchev–Trinajstić information content (AvgIpc) is 2.95. The first kappa shape index (κ1) is 31.2. The van der Waals surface area contributed by atoms with Crippen LogP contribution in [0.4, 0.5) is 13.2 Å². The van der Waals surface area contributed by atoms with E-state index in [-0.39, 0.29) is 23.6 Å². The van der Waals surface area contributed by atoms with E-state index in [4.69, 9.17) is 4.74 Å². The molecule has 1 amide bonds. The fraction of sp³-hybridized carbons (Fsp3) is 0.633. The summed E-state index contributed by atoms with van der Waals surface area (Å²) in [4.78, 5) is 26.2. The number of hydrogen-bond donors (Lipinski definition) is 1. The minimum Gasteiger partial charge on any atom is -0.493 e. The zero-order valence-electron chi connectivity index (χ0n) is 24.6. The highest BCUT2D eigenvalue weighted by atomic mass is 19.4. The third-order valence-electron chi connectivity index (χ3n) is 8.26. The summed E-state index contributed by atoms with van der Waals surface area (Å²) in [5, 5.41) is 3.46. The van der Waals surface area contributed by atoms with E-state index in [9.17, 15) is 18.0 Å². The number of nitrogens with zero attached hydrogens (tertiary/aromatic N) is 5. The molecule has 2 atom stereocenters. The molecule has 2 aliphatic heterocycles. The molecule has 1 N–H and O–H groups in total. The summed E-state index contributed by atoms with van der Waals surface area (Å²) in [5.41, 5.74) is 3.81. The van der Waals surface area contributed by atoms with Gasteiger partial charge in [0.25, 0.3) is 5.91 Å². The van der Waals surface area contributed by atoms with Crippen molar-refractivity contribution in [3.8, 4) is 5.75 Å². The van der Waals surface area contributed by atoms with Crippen molar-refractivity contribution in [2.45, 2.75) is 64.2 Å². The highest BCUT2D eigenvalue weighted by Crippen LogP contribution is 2.39. The molecule has 0 aliphatic carbocycles. The van der Waals surface area contributed by atoms with Gasteiger partial charge in [0.15, 0.2) is 0 Å². The Bertz CT molecular complexity index is 1160. The van der Waals surface area contributed by atoms with Gasteiger partial charge in [-0.05, 0) is 89.3 Å². The molecular weight excluding hydrogens is 533 g/mol. The van der Waals surface area contributed by atoms with Crippen molar-refractivity contribution in [1.29, 1.82) is 0 Å². The number of rotatable bonds is 11. The predicted molar refractivity (Wildman–Crippen MR) is 152 cm³/mol. The number of amides is 1. The van der Waals surface area contributed by atoms with Crippen molar-refractivity contribution in [1.82, 2.24) is 30.0 Å². The largest absolute Gasteiger partial charge is 0.493 e. The number of benzene rings is 1. The van der Waals surface area contributed by atoms with E-state index in [0.29, 0.717) is 26.2 Å². The van der Waals surface area contributed by atoms with Crippen molar-refractivity contribution >= 4 is 5.91 Å². The minimum absolute atomic E-state index is 0.0847. The molecule has 3 heterocycles. The maximum Gasteiger partial charge on any atom is 0.451 e. The molecular formula is C30H43F3N6O2. The topological polar surface area (TPSA) is 73.8 Å². The molecule has 226 valence electrons. The van der Waals surface area contributed by atoms with Gasteiger partial charge in [-0.1, -0.05) is 6.07 Å². The molecule has 2 fully saturated rings. The van der Waals surface area contributed by atoms with Gasteiger partial charge in [0.2, 0.25) is 5.82 Å². The van der Waals surface area contributed by atoms with Crippen molar-refractivity contribution in [2.24, 2.45) is 0 Å². The Morgan fingerprint density at radius 1 is 1.07 bits per heavy atom. The van der Waals surface area contributed by atoms with E-state index >= 15 is 0 Å². The predicted octanol–water partition coefficient (Wildman–Crippen LogP) is 4.47. The lowest BCUT2D eigenvalue weighted by molar-refractivity contribution is -0.145. The molecule has 2 saturated heterocycles. The number of aromatic nitrogens is 2. The third kappa shape index (κ3) is 7.96. The molecule has 41 heavy (non-hydrogen) atoms. The fourth-order valence-electron chi connectivity index (χ4n) is 5.83. The normalized spacial score (nSPS) is 19.9. The van der Waals surface area contributed by atoms with Gasteiger partial charge in [0.05, 0.1) is 12.2 Å². The Hall–Kier alpha value is -2.76. The first-order valence-electron chi connectivity index (χ1n) is 14.6. The van der Waals surface area contributed by atoms with Crippen LogP contribution in [0.1, 0.15) is 71.0 Å². The number of nitrogens with one attached hydrogen (secondary N) is 1. The van der Waals surface area contributed by atoms with Gasteiger partial charge in [0.1, 0.15) is 5.75 Å². The number of hydrogen-bond acceptors (Lipinski definition) is 7. The molecule has 2 aliphatic rings. The molecule has 4 rings (SSSR count). The number of carbonyl (C=O) groups is 1. The van der Waals surface area contributed by atoms with Crippen LogP contribution in [0, 0.1) is 13.8 Å². The van der Waals surface area contributed by atoms with E-state index in [1.165, 1.54) is 16.7 Å². The molecule has 11 heteroatoms. The van der Waals surface area contributed by atoms with E-state index in [2.05, 4.69) is 65.2 Å². The first-order valence-corrected chi connectivity index (χ1v) is 14.6. The van der Waals surface area contributed by atoms with Crippen molar-refractivity contribution in [3.05, 3.63) is 52.6 Å². The molecule has 0 spiro atoms. The number of unbranched alkanes of at least 4 members (excludes halogenated alkanes) is 1. The SMILES string of the molecule is Cc1c(OCCCCNCCN(C)C)ccc([C@H]2CCCC3CN(C(=O)c4cnc(C(F)(F)F)nc4)CCN32)c1C. The number of halogens is 3. The van der Waals surface area contributed by atoms with Gasteiger partial charge in [0, 0.05) is 57.2 Å². The summed E-state index contributed by atoms with van der Waals surface area (Å²) in [6, 6.07) is 4.76. The number of fused-ring (bicyclic) bond motifs is 1. The number of likely N-dealkylation sites (N-methyl/N-ethyl adjacent to an activating group) is 1. The van der Waals surface area contributed by atoms with Gasteiger partial charge in [-0.3, -0.25) is 9.69 Å². The molecule has 0 bridgehead atoms. The molecule has 1 aromatic carbocycles. The van der Waals surface area contributed by atoms with Gasteiger partial charge in [-0.25, -0.2) is 9.97 Å². The molecule has 1 aromatic heterocycles. The van der Waals surface area contributed by atoms with Crippen LogP contribution in [0.5, 0.6) is 5.75 Å². The van der Waals surface area contributed by atoms with E-state index in [1.54, 1.807) is 4.90 Å². The summed E-state index contributed by atoms with van der Waals surface area (Å²) in [5.74, 6) is -0.619. The summed E-state index contributed by atoms with van der Waals surface area (Å²) in [6.45, 7) is 9.77. The maximum atomic E-state index is 13.0. The van der Waals surface area contributed by atoms with Crippen LogP contribution in [-0.4, -0.2) is 96.6 Å². The van der Waals surface area contributed by atoms with Crippen molar-refractivity contribution in [3.63, 3.8) is 0 Å². The lowest BCUT2D eigenvalue weighted by Crippen LogP contribution is -2.57. The van der Waals surface area contributed by atoms with Crippen molar-refractivity contribution < 1.29 is 22.7 Å². The van der Waals surface area contributed by atoms with Crippen LogP contribution in [0.15, 0.2) is 24.5 Å². The second-order valence-electron chi connectivity index (χ2n) is 11.4. The van der Waals surface area contributed by atoms with Crippen LogP contribution in [-0.2, 0) is 6.18 Å². The number of carbonyl (C=O) groups excluding carboxylic acids is 1. The third-order valence-corrected chi connectivity index (χ3v) is 8.26. The molecule has 0 radical (unpaired) electrons.